The Kier molecular flexibility index (Phi) is 7.49. The van der Waals surface area contributed by atoms with Gasteiger partial charge in [-0.05, 0) is 39.8 Å². The molecule has 1 amide bonds. The first-order chi connectivity index (χ1) is 12.2. The number of nitrogens with zero attached hydrogens (tertiary/aromatic N) is 2. The van der Waals surface area contributed by atoms with Gasteiger partial charge in [0.05, 0.1) is 12.3 Å². The highest BCUT2D eigenvalue weighted by molar-refractivity contribution is 6.62. The van der Waals surface area contributed by atoms with Crippen LogP contribution in [0.4, 0.5) is 10.5 Å². The zero-order valence-electron chi connectivity index (χ0n) is 15.1. The van der Waals surface area contributed by atoms with Crippen molar-refractivity contribution in [3.05, 3.63) is 29.8 Å². The molecule has 0 spiro atoms. The number of amides is 1. The van der Waals surface area contributed by atoms with Crippen molar-refractivity contribution in [2.45, 2.75) is 33.3 Å². The van der Waals surface area contributed by atoms with Crippen LogP contribution in [0.5, 0.6) is 5.75 Å². The Hall–Kier alpha value is -3.19. The summed E-state index contributed by atoms with van der Waals surface area (Å²) < 4.78 is 15.1. The lowest BCUT2D eigenvalue weighted by molar-refractivity contribution is -0.142. The molecule has 1 aromatic rings. The average Bonchev–Trinajstić information content (AvgIpc) is 2.53. The predicted molar refractivity (Wildman–Crippen MR) is 92.1 cm³/mol. The summed E-state index contributed by atoms with van der Waals surface area (Å²) in [5, 5.41) is 2.51. The van der Waals surface area contributed by atoms with Gasteiger partial charge in [0.2, 0.25) is 0 Å². The van der Waals surface area contributed by atoms with Crippen LogP contribution >= 0.6 is 0 Å². The van der Waals surface area contributed by atoms with Gasteiger partial charge in [-0.1, -0.05) is 12.1 Å². The largest absolute Gasteiger partial charge is 0.483 e. The van der Waals surface area contributed by atoms with Gasteiger partial charge in [0.25, 0.3) is 5.78 Å². The maximum Gasteiger partial charge on any atom is 0.445 e. The molecule has 9 heteroatoms. The summed E-state index contributed by atoms with van der Waals surface area (Å²) >= 11 is 0. The number of benzene rings is 1. The zero-order chi connectivity index (χ0) is 19.7. The van der Waals surface area contributed by atoms with E-state index < -0.39 is 35.8 Å². The van der Waals surface area contributed by atoms with E-state index in [4.69, 9.17) is 15.0 Å². The van der Waals surface area contributed by atoms with E-state index in [1.54, 1.807) is 45.9 Å². The van der Waals surface area contributed by atoms with Crippen LogP contribution in [-0.2, 0) is 19.1 Å². The van der Waals surface area contributed by atoms with Crippen LogP contribution in [0.2, 0.25) is 0 Å². The van der Waals surface area contributed by atoms with Crippen molar-refractivity contribution in [1.29, 1.82) is 0 Å². The fraction of sp³-hybridized carbons (Fsp3) is 0.412. The minimum absolute atomic E-state index is 0.0225. The van der Waals surface area contributed by atoms with Gasteiger partial charge in [0, 0.05) is 0 Å². The molecule has 1 aromatic carbocycles. The number of esters is 1. The molecule has 0 aliphatic rings. The van der Waals surface area contributed by atoms with Crippen molar-refractivity contribution in [3.63, 3.8) is 0 Å². The molecular formula is C17H21N3O6. The Morgan fingerprint density at radius 2 is 1.85 bits per heavy atom. The number of Topliss-reactive ketones (excluding diaryl/α,β-unsaturated/α-hetero) is 1. The Labute approximate surface area is 150 Å². The highest BCUT2D eigenvalue weighted by Crippen LogP contribution is 2.24. The first kappa shape index (κ1) is 20.9. The lowest BCUT2D eigenvalue weighted by Crippen LogP contribution is -2.31. The number of ketones is 1. The Balaban J connectivity index is 2.79. The van der Waals surface area contributed by atoms with E-state index in [-0.39, 0.29) is 18.0 Å². The number of carbonyl (C=O) groups is 3. The minimum atomic E-state index is -1.05. The van der Waals surface area contributed by atoms with E-state index in [1.807, 2.05) is 0 Å². The first-order valence-corrected chi connectivity index (χ1v) is 7.82. The highest BCUT2D eigenvalue weighted by Gasteiger charge is 2.31. The molecule has 0 atom stereocenters. The molecule has 0 heterocycles. The van der Waals surface area contributed by atoms with Gasteiger partial charge in [-0.2, -0.15) is 4.79 Å². The van der Waals surface area contributed by atoms with E-state index in [0.717, 1.165) is 0 Å². The summed E-state index contributed by atoms with van der Waals surface area (Å²) in [5.74, 6) is -1.75. The summed E-state index contributed by atoms with van der Waals surface area (Å²) in [6, 6.07) is 6.35. The van der Waals surface area contributed by atoms with Crippen molar-refractivity contribution in [2.24, 2.45) is 0 Å². The van der Waals surface area contributed by atoms with Crippen molar-refractivity contribution < 1.29 is 33.4 Å². The van der Waals surface area contributed by atoms with Gasteiger partial charge >= 0.3 is 17.8 Å². The van der Waals surface area contributed by atoms with Crippen LogP contribution in [0.1, 0.15) is 27.7 Å². The van der Waals surface area contributed by atoms with Crippen LogP contribution in [0.3, 0.4) is 0 Å². The molecular weight excluding hydrogens is 342 g/mol. The number of para-hydroxylation sites is 2. The SMILES string of the molecule is CCOC(=O)C(=[N+]=[N-])C(=O)COc1ccccc1NC(=O)OC(C)(C)C. The van der Waals surface area contributed by atoms with Crippen molar-refractivity contribution in [2.75, 3.05) is 18.5 Å². The molecule has 0 unspecified atom stereocenters. The van der Waals surface area contributed by atoms with Crippen LogP contribution in [0.15, 0.2) is 24.3 Å². The van der Waals surface area contributed by atoms with E-state index in [9.17, 15) is 14.4 Å². The predicted octanol–water partition coefficient (Wildman–Crippen LogP) is 2.22. The molecule has 0 saturated heterocycles. The Bertz CT molecular complexity index is 732. The fourth-order valence-corrected chi connectivity index (χ4v) is 1.73. The number of anilines is 1. The lowest BCUT2D eigenvalue weighted by atomic mass is 10.2. The monoisotopic (exact) mass is 363 g/mol. The number of carbonyl (C=O) groups excluding carboxylic acids is 3. The van der Waals surface area contributed by atoms with E-state index >= 15 is 0 Å². The summed E-state index contributed by atoms with van der Waals surface area (Å²) in [6.45, 7) is 6.14. The van der Waals surface area contributed by atoms with Crippen molar-refractivity contribution >= 4 is 29.2 Å². The van der Waals surface area contributed by atoms with Crippen LogP contribution in [0.25, 0.3) is 5.53 Å². The van der Waals surface area contributed by atoms with Crippen LogP contribution < -0.4 is 10.1 Å². The Morgan fingerprint density at radius 3 is 2.42 bits per heavy atom. The van der Waals surface area contributed by atoms with Gasteiger partial charge < -0.3 is 19.7 Å². The van der Waals surface area contributed by atoms with Gasteiger partial charge in [-0.15, -0.1) is 0 Å². The zero-order valence-corrected chi connectivity index (χ0v) is 15.1. The molecule has 0 aliphatic carbocycles. The second-order valence-electron chi connectivity index (χ2n) is 6.00. The van der Waals surface area contributed by atoms with E-state index in [1.165, 1.54) is 6.07 Å². The van der Waals surface area contributed by atoms with E-state index in [0.29, 0.717) is 0 Å². The molecule has 1 N–H and O–H groups in total. The third-order valence-electron chi connectivity index (χ3n) is 2.71. The highest BCUT2D eigenvalue weighted by atomic mass is 16.6. The smallest absolute Gasteiger partial charge is 0.445 e. The number of nitrogens with one attached hydrogen (secondary N) is 1. The quantitative estimate of drug-likeness (QED) is 0.260. The summed E-state index contributed by atoms with van der Waals surface area (Å²) in [5.41, 5.74) is 7.63. The topological polar surface area (TPSA) is 127 Å². The molecule has 0 aromatic heterocycles. The van der Waals surface area contributed by atoms with Gasteiger partial charge in [0.15, 0.2) is 6.61 Å². The molecule has 1 rings (SSSR count). The lowest BCUT2D eigenvalue weighted by Gasteiger charge is -2.20. The molecule has 140 valence electrons. The Morgan fingerprint density at radius 1 is 1.19 bits per heavy atom. The maximum atomic E-state index is 12.0. The molecule has 0 bridgehead atoms. The van der Waals surface area contributed by atoms with Gasteiger partial charge in [-0.25, -0.2) is 9.59 Å². The van der Waals surface area contributed by atoms with Crippen LogP contribution in [-0.4, -0.2) is 47.2 Å². The number of rotatable bonds is 7. The van der Waals surface area contributed by atoms with Crippen molar-refractivity contribution in [3.8, 4) is 5.75 Å². The first-order valence-electron chi connectivity index (χ1n) is 7.82. The molecule has 0 aliphatic heterocycles. The summed E-state index contributed by atoms with van der Waals surface area (Å²) in [4.78, 5) is 38.0. The van der Waals surface area contributed by atoms with Gasteiger partial charge in [0.1, 0.15) is 11.4 Å². The minimum Gasteiger partial charge on any atom is -0.483 e. The maximum absolute atomic E-state index is 12.0. The van der Waals surface area contributed by atoms with Crippen molar-refractivity contribution in [1.82, 2.24) is 0 Å². The summed E-state index contributed by atoms with van der Waals surface area (Å²) in [7, 11) is 0. The average molecular weight is 363 g/mol. The molecule has 26 heavy (non-hydrogen) atoms. The fourth-order valence-electron chi connectivity index (χ4n) is 1.73. The second-order valence-corrected chi connectivity index (χ2v) is 6.00. The normalized spacial score (nSPS) is 10.3. The number of ether oxygens (including phenoxy) is 3. The molecule has 0 saturated carbocycles. The van der Waals surface area contributed by atoms with E-state index in [2.05, 4.69) is 14.8 Å². The van der Waals surface area contributed by atoms with Gasteiger partial charge in [-0.3, -0.25) is 10.1 Å². The summed E-state index contributed by atoms with van der Waals surface area (Å²) in [6.07, 6.45) is -0.691. The molecule has 0 fully saturated rings. The second kappa shape index (κ2) is 9.33. The molecule has 0 radical (unpaired) electrons. The third kappa shape index (κ3) is 6.74. The standard InChI is InChI=1S/C17H21N3O6/c1-5-24-15(22)14(20-18)12(21)10-25-13-9-7-6-8-11(13)19-16(23)26-17(2,3)4/h6-9H,5,10H2,1-4H3,(H,19,23). The number of hydrogen-bond acceptors (Lipinski definition) is 6. The third-order valence-corrected chi connectivity index (χ3v) is 2.71. The van der Waals surface area contributed by atoms with Crippen LogP contribution in [0, 0.1) is 0 Å². The number of hydrogen-bond donors (Lipinski definition) is 1. The molecule has 9 nitrogen and oxygen atoms in total.